The summed E-state index contributed by atoms with van der Waals surface area (Å²) >= 11 is 3.50. The molecular weight excluding hydrogens is 492 g/mol. The van der Waals surface area contributed by atoms with Crippen LogP contribution in [0, 0.1) is 0 Å². The Kier molecular flexibility index (Phi) is 8.73. The summed E-state index contributed by atoms with van der Waals surface area (Å²) in [5.74, 6) is 0.731. The summed E-state index contributed by atoms with van der Waals surface area (Å²) in [7, 11) is -3.56. The lowest BCUT2D eigenvalue weighted by molar-refractivity contribution is -0.118. The first-order valence-electron chi connectivity index (χ1n) is 11.1. The number of ether oxygens (including phenoxy) is 1. The zero-order valence-electron chi connectivity index (χ0n) is 18.6. The van der Waals surface area contributed by atoms with E-state index in [4.69, 9.17) is 4.74 Å². The van der Waals surface area contributed by atoms with Gasteiger partial charge in [-0.05, 0) is 83.1 Å². The van der Waals surface area contributed by atoms with Gasteiger partial charge in [0, 0.05) is 11.7 Å². The van der Waals surface area contributed by atoms with Crippen LogP contribution in [0.25, 0.3) is 0 Å². The van der Waals surface area contributed by atoms with Gasteiger partial charge in [0.05, 0.1) is 9.37 Å². The molecule has 1 fully saturated rings. The molecule has 0 bridgehead atoms. The van der Waals surface area contributed by atoms with E-state index in [1.54, 1.807) is 12.1 Å². The van der Waals surface area contributed by atoms with Gasteiger partial charge in [-0.2, -0.15) is 0 Å². The number of carbonyl (C=O) groups is 1. The zero-order chi connectivity index (χ0) is 23.1. The van der Waals surface area contributed by atoms with Gasteiger partial charge in [0.25, 0.3) is 5.91 Å². The fraction of sp³-hybridized carbons (Fsp3) is 0.458. The molecule has 1 aliphatic rings. The van der Waals surface area contributed by atoms with Gasteiger partial charge in [0.15, 0.2) is 6.61 Å². The van der Waals surface area contributed by atoms with E-state index >= 15 is 0 Å². The van der Waals surface area contributed by atoms with E-state index in [1.165, 1.54) is 17.7 Å². The monoisotopic (exact) mass is 522 g/mol. The first-order chi connectivity index (χ1) is 15.3. The predicted molar refractivity (Wildman–Crippen MR) is 131 cm³/mol. The van der Waals surface area contributed by atoms with E-state index in [0.29, 0.717) is 17.4 Å². The van der Waals surface area contributed by atoms with Crippen molar-refractivity contribution in [1.82, 2.24) is 4.72 Å². The van der Waals surface area contributed by atoms with Crippen LogP contribution in [0.2, 0.25) is 0 Å². The molecule has 3 rings (SSSR count). The Morgan fingerprint density at radius 3 is 2.44 bits per heavy atom. The molecule has 2 N–H and O–H groups in total. The second-order valence-electron chi connectivity index (χ2n) is 8.32. The fourth-order valence-corrected chi connectivity index (χ4v) is 5.56. The van der Waals surface area contributed by atoms with Crippen LogP contribution in [-0.2, 0) is 14.8 Å². The van der Waals surface area contributed by atoms with Crippen LogP contribution in [0.3, 0.4) is 0 Å². The van der Waals surface area contributed by atoms with Crippen LogP contribution in [0.1, 0.15) is 63.9 Å². The highest BCUT2D eigenvalue weighted by Gasteiger charge is 2.21. The van der Waals surface area contributed by atoms with Crippen molar-refractivity contribution in [2.75, 3.05) is 11.9 Å². The highest BCUT2D eigenvalue weighted by Crippen LogP contribution is 2.30. The molecule has 1 saturated carbocycles. The van der Waals surface area contributed by atoms with E-state index in [1.807, 2.05) is 18.2 Å². The predicted octanol–water partition coefficient (Wildman–Crippen LogP) is 5.59. The summed E-state index contributed by atoms with van der Waals surface area (Å²) in [6.45, 7) is 4.16. The minimum absolute atomic E-state index is 0.00357. The van der Waals surface area contributed by atoms with E-state index in [2.05, 4.69) is 39.8 Å². The smallest absolute Gasteiger partial charge is 0.262 e. The normalized spacial score (nSPS) is 15.8. The number of anilines is 1. The van der Waals surface area contributed by atoms with Crippen molar-refractivity contribution in [2.45, 2.75) is 69.2 Å². The quantitative estimate of drug-likeness (QED) is 0.449. The maximum Gasteiger partial charge on any atom is 0.262 e. The molecule has 1 atom stereocenters. The number of halogens is 1. The molecule has 0 radical (unpaired) electrons. The van der Waals surface area contributed by atoms with Crippen molar-refractivity contribution in [1.29, 1.82) is 0 Å². The minimum atomic E-state index is -3.56. The van der Waals surface area contributed by atoms with Crippen LogP contribution >= 0.6 is 15.9 Å². The standard InChI is InChI=1S/C24H31BrN2O4S/c1-3-17(2)18-9-14-23(22(25)15-18)31-16-24(28)26-19-10-12-21(13-11-19)32(29,30)27-20-7-5-4-6-8-20/h9-15,17,20,27H,3-8,16H2,1-2H3,(H,26,28). The molecule has 174 valence electrons. The molecule has 2 aromatic carbocycles. The first kappa shape index (κ1) is 24.7. The van der Waals surface area contributed by atoms with Crippen LogP contribution in [0.5, 0.6) is 5.75 Å². The molecule has 32 heavy (non-hydrogen) atoms. The number of nitrogens with one attached hydrogen (secondary N) is 2. The number of sulfonamides is 1. The third-order valence-electron chi connectivity index (χ3n) is 5.87. The van der Waals surface area contributed by atoms with Gasteiger partial charge >= 0.3 is 0 Å². The minimum Gasteiger partial charge on any atom is -0.483 e. The highest BCUT2D eigenvalue weighted by atomic mass is 79.9. The average molecular weight is 523 g/mol. The maximum atomic E-state index is 12.6. The Labute approximate surface area is 199 Å². The molecule has 0 saturated heterocycles. The van der Waals surface area contributed by atoms with Gasteiger partial charge in [0.1, 0.15) is 5.75 Å². The van der Waals surface area contributed by atoms with Crippen molar-refractivity contribution in [3.8, 4) is 5.75 Å². The van der Waals surface area contributed by atoms with Crippen LogP contribution in [0.15, 0.2) is 51.8 Å². The molecule has 1 unspecified atom stereocenters. The molecule has 2 aromatic rings. The van der Waals surface area contributed by atoms with E-state index in [-0.39, 0.29) is 23.5 Å². The summed E-state index contributed by atoms with van der Waals surface area (Å²) in [6.07, 6.45) is 6.08. The third-order valence-corrected chi connectivity index (χ3v) is 8.03. The van der Waals surface area contributed by atoms with Crippen molar-refractivity contribution in [3.63, 3.8) is 0 Å². The lowest BCUT2D eigenvalue weighted by Gasteiger charge is -2.22. The van der Waals surface area contributed by atoms with Gasteiger partial charge in [-0.1, -0.05) is 39.2 Å². The van der Waals surface area contributed by atoms with Crippen molar-refractivity contribution in [3.05, 3.63) is 52.5 Å². The Morgan fingerprint density at radius 2 is 1.81 bits per heavy atom. The number of rotatable bonds is 9. The fourth-order valence-electron chi connectivity index (χ4n) is 3.74. The van der Waals surface area contributed by atoms with Gasteiger partial charge in [-0.15, -0.1) is 0 Å². The van der Waals surface area contributed by atoms with Gasteiger partial charge in [-0.25, -0.2) is 13.1 Å². The number of benzene rings is 2. The lowest BCUT2D eigenvalue weighted by Crippen LogP contribution is -2.36. The molecule has 6 nitrogen and oxygen atoms in total. The summed E-state index contributed by atoms with van der Waals surface area (Å²) < 4.78 is 34.4. The van der Waals surface area contributed by atoms with E-state index < -0.39 is 10.0 Å². The Balaban J connectivity index is 1.53. The van der Waals surface area contributed by atoms with Crippen molar-refractivity contribution in [2.24, 2.45) is 0 Å². The SMILES string of the molecule is CCC(C)c1ccc(OCC(=O)Nc2ccc(S(=O)(=O)NC3CCCCC3)cc2)c(Br)c1. The van der Waals surface area contributed by atoms with Gasteiger partial charge < -0.3 is 10.1 Å². The Morgan fingerprint density at radius 1 is 1.12 bits per heavy atom. The second-order valence-corrected chi connectivity index (χ2v) is 10.9. The van der Waals surface area contributed by atoms with Crippen LogP contribution < -0.4 is 14.8 Å². The highest BCUT2D eigenvalue weighted by molar-refractivity contribution is 9.10. The molecule has 0 aliphatic heterocycles. The maximum absolute atomic E-state index is 12.6. The molecule has 1 aliphatic carbocycles. The van der Waals surface area contributed by atoms with E-state index in [9.17, 15) is 13.2 Å². The Bertz CT molecular complexity index is 1020. The Hall–Kier alpha value is -1.90. The van der Waals surface area contributed by atoms with Gasteiger partial charge in [0.2, 0.25) is 10.0 Å². The van der Waals surface area contributed by atoms with Crippen molar-refractivity contribution >= 4 is 37.5 Å². The van der Waals surface area contributed by atoms with Crippen LogP contribution in [0.4, 0.5) is 5.69 Å². The molecule has 8 heteroatoms. The molecule has 0 aromatic heterocycles. The summed E-state index contributed by atoms with van der Waals surface area (Å²) in [5.41, 5.74) is 1.73. The number of hydrogen-bond acceptors (Lipinski definition) is 4. The molecular formula is C24H31BrN2O4S. The topological polar surface area (TPSA) is 84.5 Å². The third kappa shape index (κ3) is 6.80. The first-order valence-corrected chi connectivity index (χ1v) is 13.4. The average Bonchev–Trinajstić information content (AvgIpc) is 2.78. The molecule has 0 heterocycles. The largest absolute Gasteiger partial charge is 0.483 e. The van der Waals surface area contributed by atoms with E-state index in [0.717, 1.165) is 43.0 Å². The second kappa shape index (κ2) is 11.3. The van der Waals surface area contributed by atoms with Crippen LogP contribution in [-0.4, -0.2) is 27.0 Å². The zero-order valence-corrected chi connectivity index (χ0v) is 21.0. The number of carbonyl (C=O) groups excluding carboxylic acids is 1. The number of hydrogen-bond donors (Lipinski definition) is 2. The summed E-state index contributed by atoms with van der Waals surface area (Å²) in [5, 5.41) is 2.74. The van der Waals surface area contributed by atoms with Gasteiger partial charge in [-0.3, -0.25) is 4.79 Å². The lowest BCUT2D eigenvalue weighted by atomic mass is 9.96. The summed E-state index contributed by atoms with van der Waals surface area (Å²) in [4.78, 5) is 12.5. The molecule has 1 amide bonds. The number of amides is 1. The molecule has 0 spiro atoms. The van der Waals surface area contributed by atoms with Crippen molar-refractivity contribution < 1.29 is 17.9 Å². The summed E-state index contributed by atoms with van der Waals surface area (Å²) in [6, 6.07) is 12.1.